The molecule has 0 rings (SSSR count). The molecular formula is C3H12O21P6. The highest BCUT2D eigenvalue weighted by Crippen LogP contribution is 2.68. The number of carbonyl (C=O) groups excluding carboxylic acids is 1. The van der Waals surface area contributed by atoms with Gasteiger partial charge in [-0.3, -0.25) is 9.05 Å². The van der Waals surface area contributed by atoms with Crippen molar-refractivity contribution in [3.8, 4) is 0 Å². The van der Waals surface area contributed by atoms with Crippen molar-refractivity contribution in [3.05, 3.63) is 0 Å². The number of hydrogen-bond acceptors (Lipinski definition) is 13. The second-order valence-corrected chi connectivity index (χ2v) is 13.1. The minimum atomic E-state index is -5.95. The van der Waals surface area contributed by atoms with Gasteiger partial charge in [0.05, 0.1) is 6.61 Å². The molecule has 0 radical (unpaired) electrons. The molecule has 5 unspecified atom stereocenters. The molecule has 0 aliphatic rings. The van der Waals surface area contributed by atoms with Crippen LogP contribution in [0.15, 0.2) is 0 Å². The Morgan fingerprint density at radius 1 is 0.600 bits per heavy atom. The maximum atomic E-state index is 11.5. The lowest BCUT2D eigenvalue weighted by molar-refractivity contribution is -0.115. The van der Waals surface area contributed by atoms with Gasteiger partial charge in [-0.05, 0) is 0 Å². The molecule has 0 aliphatic heterocycles. The molecule has 0 aromatic rings. The zero-order valence-electron chi connectivity index (χ0n) is 13.4. The van der Waals surface area contributed by atoms with Gasteiger partial charge in [0.15, 0.2) is 6.29 Å². The van der Waals surface area contributed by atoms with Crippen molar-refractivity contribution in [1.82, 2.24) is 0 Å². The van der Waals surface area contributed by atoms with E-state index in [0.717, 1.165) is 0 Å². The van der Waals surface area contributed by atoms with Crippen LogP contribution in [0.4, 0.5) is 0 Å². The van der Waals surface area contributed by atoms with Crippen LogP contribution in [0.1, 0.15) is 0 Å². The van der Waals surface area contributed by atoms with Crippen molar-refractivity contribution < 1.29 is 97.6 Å². The Morgan fingerprint density at radius 3 is 1.30 bits per heavy atom. The van der Waals surface area contributed by atoms with Crippen molar-refractivity contribution in [2.75, 3.05) is 6.61 Å². The van der Waals surface area contributed by atoms with Crippen LogP contribution in [0.25, 0.3) is 0 Å². The van der Waals surface area contributed by atoms with Gasteiger partial charge < -0.3 is 43.9 Å². The van der Waals surface area contributed by atoms with E-state index < -0.39 is 65.9 Å². The SMILES string of the molecule is O=CC(COP(=O)(O)OP(=O)(O)OP(=O)(O)O)OP(=O)(O)OP(=O)(O)OP(=O)(O)O. The van der Waals surface area contributed by atoms with Crippen LogP contribution in [-0.4, -0.2) is 58.1 Å². The average Bonchev–Trinajstić information content (AvgIpc) is 2.34. The lowest BCUT2D eigenvalue weighted by Crippen LogP contribution is -2.20. The van der Waals surface area contributed by atoms with Crippen LogP contribution in [0, 0.1) is 0 Å². The summed E-state index contributed by atoms with van der Waals surface area (Å²) >= 11 is 0. The van der Waals surface area contributed by atoms with Gasteiger partial charge >= 0.3 is 46.9 Å². The molecule has 180 valence electrons. The number of rotatable bonds is 14. The fourth-order valence-corrected chi connectivity index (χ4v) is 7.18. The highest BCUT2D eigenvalue weighted by molar-refractivity contribution is 7.67. The molecule has 0 aliphatic carbocycles. The van der Waals surface area contributed by atoms with Crippen LogP contribution in [0.5, 0.6) is 0 Å². The maximum absolute atomic E-state index is 11.5. The standard InChI is InChI=1S/C3H12O21P6/c4-1-3(20-28(13,14)24-30(17,18)22-26(8,9)10)2-19-27(11,12)23-29(15,16)21-25(5,6)7/h1,3H,2H2,(H,11,12)(H,13,14)(H,15,16)(H,17,18)(H2,5,6,7)(H2,8,9,10). The molecule has 5 atom stereocenters. The van der Waals surface area contributed by atoms with E-state index in [1.54, 1.807) is 0 Å². The molecule has 30 heavy (non-hydrogen) atoms. The second kappa shape index (κ2) is 10.6. The fraction of sp³-hybridized carbons (Fsp3) is 0.667. The third-order valence-corrected chi connectivity index (χ3v) is 9.32. The minimum absolute atomic E-state index is 0.455. The summed E-state index contributed by atoms with van der Waals surface area (Å²) in [6, 6.07) is 0. The summed E-state index contributed by atoms with van der Waals surface area (Å²) in [5.41, 5.74) is 0. The highest BCUT2D eigenvalue weighted by atomic mass is 31.3. The lowest BCUT2D eigenvalue weighted by atomic mass is 10.4. The fourth-order valence-electron chi connectivity index (χ4n) is 1.04. The molecule has 27 heteroatoms. The van der Waals surface area contributed by atoms with Gasteiger partial charge in [0.25, 0.3) is 0 Å². The zero-order chi connectivity index (χ0) is 24.2. The first-order valence-corrected chi connectivity index (χ1v) is 15.1. The Kier molecular flexibility index (Phi) is 10.8. The van der Waals surface area contributed by atoms with E-state index in [1.807, 2.05) is 0 Å². The molecular weight excluding hydrogens is 558 g/mol. The van der Waals surface area contributed by atoms with Gasteiger partial charge in [-0.2, -0.15) is 17.2 Å². The van der Waals surface area contributed by atoms with Crippen LogP contribution in [0.3, 0.4) is 0 Å². The number of carbonyl (C=O) groups is 1. The van der Waals surface area contributed by atoms with Gasteiger partial charge in [-0.25, -0.2) is 27.4 Å². The van der Waals surface area contributed by atoms with Crippen LogP contribution < -0.4 is 0 Å². The zero-order valence-corrected chi connectivity index (χ0v) is 18.8. The molecule has 0 bridgehead atoms. The predicted octanol–water partition coefficient (Wildman–Crippen LogP) is -0.760. The number of aldehydes is 1. The molecule has 0 amide bonds. The van der Waals surface area contributed by atoms with E-state index in [0.29, 0.717) is 0 Å². The van der Waals surface area contributed by atoms with E-state index in [-0.39, 0.29) is 0 Å². The van der Waals surface area contributed by atoms with E-state index in [9.17, 15) is 32.2 Å². The van der Waals surface area contributed by atoms with E-state index >= 15 is 0 Å². The second-order valence-electron chi connectivity index (χ2n) is 4.26. The lowest BCUT2D eigenvalue weighted by Gasteiger charge is -2.20. The third-order valence-electron chi connectivity index (χ3n) is 1.65. The van der Waals surface area contributed by atoms with E-state index in [2.05, 4.69) is 26.3 Å². The molecule has 8 N–H and O–H groups in total. The Labute approximate surface area is 164 Å². The van der Waals surface area contributed by atoms with E-state index in [1.165, 1.54) is 0 Å². The van der Waals surface area contributed by atoms with Crippen molar-refractivity contribution in [1.29, 1.82) is 0 Å². The Balaban J connectivity index is 5.07. The quantitative estimate of drug-likeness (QED) is 0.0939. The maximum Gasteiger partial charge on any atom is 0.490 e. The summed E-state index contributed by atoms with van der Waals surface area (Å²) in [5, 5.41) is 0. The molecule has 0 heterocycles. The number of hydrogen-bond donors (Lipinski definition) is 8. The summed E-state index contributed by atoms with van der Waals surface area (Å²) in [4.78, 5) is 80.1. The summed E-state index contributed by atoms with van der Waals surface area (Å²) in [6.45, 7) is -1.60. The molecule has 0 spiro atoms. The highest BCUT2D eigenvalue weighted by Gasteiger charge is 2.43. The molecule has 0 saturated heterocycles. The van der Waals surface area contributed by atoms with Crippen molar-refractivity contribution in [3.63, 3.8) is 0 Å². The molecule has 0 aromatic heterocycles. The van der Waals surface area contributed by atoms with Gasteiger partial charge in [0, 0.05) is 0 Å². The Morgan fingerprint density at radius 2 is 0.967 bits per heavy atom. The van der Waals surface area contributed by atoms with Crippen molar-refractivity contribution in [2.45, 2.75) is 6.10 Å². The van der Waals surface area contributed by atoms with Gasteiger partial charge in [0.1, 0.15) is 6.10 Å². The Hall–Kier alpha value is 0.490. The van der Waals surface area contributed by atoms with Gasteiger partial charge in [0.2, 0.25) is 0 Å². The minimum Gasteiger partial charge on any atom is -0.302 e. The first-order valence-electron chi connectivity index (χ1n) is 6.02. The summed E-state index contributed by atoms with van der Waals surface area (Å²) < 4.78 is 86.9. The monoisotopic (exact) mass is 570 g/mol. The van der Waals surface area contributed by atoms with Gasteiger partial charge in [-0.15, -0.1) is 0 Å². The van der Waals surface area contributed by atoms with Gasteiger partial charge in [-0.1, -0.05) is 0 Å². The first-order chi connectivity index (χ1) is 13.0. The van der Waals surface area contributed by atoms with Crippen molar-refractivity contribution in [2.24, 2.45) is 0 Å². The summed E-state index contributed by atoms with van der Waals surface area (Å²) in [6.07, 6.45) is -2.90. The molecule has 0 saturated carbocycles. The van der Waals surface area contributed by atoms with Crippen LogP contribution >= 0.6 is 46.9 Å². The number of phosphoric ester groups is 2. The normalized spacial score (nSPS) is 22.1. The topological polar surface area (TPSA) is 337 Å². The van der Waals surface area contributed by atoms with E-state index in [4.69, 9.17) is 39.1 Å². The first kappa shape index (κ1) is 30.5. The third kappa shape index (κ3) is 15.3. The largest absolute Gasteiger partial charge is 0.490 e. The van der Waals surface area contributed by atoms with Crippen LogP contribution in [0.2, 0.25) is 0 Å². The summed E-state index contributed by atoms with van der Waals surface area (Å²) in [7, 11) is -34.9. The van der Waals surface area contributed by atoms with Crippen LogP contribution in [-0.2, 0) is 58.5 Å². The molecule has 0 fully saturated rings. The smallest absolute Gasteiger partial charge is 0.302 e. The summed E-state index contributed by atoms with van der Waals surface area (Å²) in [5.74, 6) is 0. The van der Waals surface area contributed by atoms with Crippen molar-refractivity contribution >= 4 is 53.2 Å². The average molecular weight is 570 g/mol. The predicted molar refractivity (Wildman–Crippen MR) is 84.6 cm³/mol. The molecule has 21 nitrogen and oxygen atoms in total. The Bertz CT molecular complexity index is 888. The number of phosphoric acid groups is 6. The molecule has 0 aromatic carbocycles.